The molecule has 0 heterocycles. The molecule has 0 saturated heterocycles. The topological polar surface area (TPSA) is 21.3 Å². The number of hydrogen-bond acceptors (Lipinski definition) is 2. The van der Waals surface area contributed by atoms with Crippen molar-refractivity contribution >= 4 is 0 Å². The van der Waals surface area contributed by atoms with Gasteiger partial charge in [0.25, 0.3) is 0 Å². The van der Waals surface area contributed by atoms with E-state index in [0.717, 1.165) is 25.5 Å². The van der Waals surface area contributed by atoms with Crippen molar-refractivity contribution < 1.29 is 4.74 Å². The minimum Gasteiger partial charge on any atom is -0.378 e. The Balaban J connectivity index is 1.74. The van der Waals surface area contributed by atoms with Gasteiger partial charge >= 0.3 is 0 Å². The molecular formula is C17H33NO. The van der Waals surface area contributed by atoms with E-state index in [9.17, 15) is 0 Å². The molecule has 0 radical (unpaired) electrons. The third-order valence-corrected chi connectivity index (χ3v) is 6.01. The second-order valence-corrected chi connectivity index (χ2v) is 8.50. The maximum Gasteiger partial charge on any atom is 0.0636 e. The summed E-state index contributed by atoms with van der Waals surface area (Å²) in [6.45, 7) is 16.0. The summed E-state index contributed by atoms with van der Waals surface area (Å²) in [6, 6.07) is 0. The van der Waals surface area contributed by atoms with Crippen LogP contribution in [0.3, 0.4) is 0 Å². The summed E-state index contributed by atoms with van der Waals surface area (Å²) < 4.78 is 6.25. The Morgan fingerprint density at radius 1 is 1.21 bits per heavy atom. The average Bonchev–Trinajstić information content (AvgIpc) is 2.59. The van der Waals surface area contributed by atoms with Crippen LogP contribution in [0.4, 0.5) is 0 Å². The first-order chi connectivity index (χ1) is 8.67. The molecule has 112 valence electrons. The molecular weight excluding hydrogens is 234 g/mol. The molecule has 3 unspecified atom stereocenters. The summed E-state index contributed by atoms with van der Waals surface area (Å²) in [5.74, 6) is 0.884. The summed E-state index contributed by atoms with van der Waals surface area (Å²) >= 11 is 0. The lowest BCUT2D eigenvalue weighted by Crippen LogP contribution is -2.38. The van der Waals surface area contributed by atoms with Gasteiger partial charge < -0.3 is 10.1 Å². The first kappa shape index (κ1) is 15.3. The Morgan fingerprint density at radius 3 is 2.37 bits per heavy atom. The van der Waals surface area contributed by atoms with Gasteiger partial charge in [0.05, 0.1) is 6.10 Å². The summed E-state index contributed by atoms with van der Waals surface area (Å²) in [5.41, 5.74) is 1.11. The molecule has 0 aromatic rings. The van der Waals surface area contributed by atoms with E-state index in [-0.39, 0.29) is 5.54 Å². The van der Waals surface area contributed by atoms with Crippen molar-refractivity contribution in [1.29, 1.82) is 0 Å². The molecule has 0 amide bonds. The van der Waals surface area contributed by atoms with E-state index >= 15 is 0 Å². The van der Waals surface area contributed by atoms with Gasteiger partial charge in [0, 0.05) is 12.1 Å². The minimum absolute atomic E-state index is 0.223. The van der Waals surface area contributed by atoms with Crippen molar-refractivity contribution in [3.05, 3.63) is 0 Å². The van der Waals surface area contributed by atoms with Crippen LogP contribution < -0.4 is 5.32 Å². The molecule has 2 saturated carbocycles. The molecule has 2 heteroatoms. The second-order valence-electron chi connectivity index (χ2n) is 8.50. The van der Waals surface area contributed by atoms with E-state index in [2.05, 4.69) is 46.9 Å². The van der Waals surface area contributed by atoms with Gasteiger partial charge in [0.15, 0.2) is 0 Å². The summed E-state index contributed by atoms with van der Waals surface area (Å²) in [4.78, 5) is 0. The van der Waals surface area contributed by atoms with Crippen molar-refractivity contribution in [2.75, 3.05) is 13.2 Å². The zero-order chi connectivity index (χ0) is 14.3. The first-order valence-corrected chi connectivity index (χ1v) is 8.03. The van der Waals surface area contributed by atoms with Gasteiger partial charge in [-0.1, -0.05) is 20.8 Å². The van der Waals surface area contributed by atoms with Crippen LogP contribution >= 0.6 is 0 Å². The van der Waals surface area contributed by atoms with Gasteiger partial charge in [-0.3, -0.25) is 0 Å². The Labute approximate surface area is 119 Å². The lowest BCUT2D eigenvalue weighted by molar-refractivity contribution is -0.0471. The van der Waals surface area contributed by atoms with Gasteiger partial charge in [0.1, 0.15) is 0 Å². The highest BCUT2D eigenvalue weighted by Gasteiger charge is 2.61. The quantitative estimate of drug-likeness (QED) is 0.760. The van der Waals surface area contributed by atoms with Crippen molar-refractivity contribution in [2.45, 2.75) is 78.9 Å². The van der Waals surface area contributed by atoms with Crippen molar-refractivity contribution in [3.8, 4) is 0 Å². The van der Waals surface area contributed by atoms with Crippen molar-refractivity contribution in [1.82, 2.24) is 5.32 Å². The van der Waals surface area contributed by atoms with Crippen molar-refractivity contribution in [2.24, 2.45) is 16.7 Å². The Hall–Kier alpha value is -0.0800. The van der Waals surface area contributed by atoms with E-state index in [0.29, 0.717) is 16.9 Å². The monoisotopic (exact) mass is 267 g/mol. The molecule has 2 bridgehead atoms. The zero-order valence-corrected chi connectivity index (χ0v) is 13.8. The van der Waals surface area contributed by atoms with Gasteiger partial charge in [-0.05, 0) is 69.7 Å². The van der Waals surface area contributed by atoms with Crippen LogP contribution in [0.5, 0.6) is 0 Å². The largest absolute Gasteiger partial charge is 0.378 e. The third kappa shape index (κ3) is 2.85. The second kappa shape index (κ2) is 5.04. The fourth-order valence-electron chi connectivity index (χ4n) is 4.14. The standard InChI is InChI=1S/C17H33NO/c1-15(2,3)18-10-7-11-19-14-12-13-8-9-17(14,6)16(13,4)5/h13-14,18H,7-12H2,1-6H3. The smallest absolute Gasteiger partial charge is 0.0636 e. The normalized spacial score (nSPS) is 36.9. The molecule has 0 spiro atoms. The van der Waals surface area contributed by atoms with Gasteiger partial charge in [0.2, 0.25) is 0 Å². The van der Waals surface area contributed by atoms with E-state index in [1.165, 1.54) is 19.3 Å². The van der Waals surface area contributed by atoms with Crippen LogP contribution in [0.25, 0.3) is 0 Å². The molecule has 0 aliphatic heterocycles. The number of ether oxygens (including phenoxy) is 1. The number of hydrogen-bond donors (Lipinski definition) is 1. The van der Waals surface area contributed by atoms with E-state index in [4.69, 9.17) is 4.74 Å². The van der Waals surface area contributed by atoms with Crippen LogP contribution in [0, 0.1) is 16.7 Å². The fourth-order valence-corrected chi connectivity index (χ4v) is 4.14. The first-order valence-electron chi connectivity index (χ1n) is 8.03. The van der Waals surface area contributed by atoms with Crippen LogP contribution in [-0.2, 0) is 4.74 Å². The number of fused-ring (bicyclic) bond motifs is 2. The highest BCUT2D eigenvalue weighted by molar-refractivity contribution is 5.11. The van der Waals surface area contributed by atoms with Crippen molar-refractivity contribution in [3.63, 3.8) is 0 Å². The highest BCUT2D eigenvalue weighted by atomic mass is 16.5. The van der Waals surface area contributed by atoms with Gasteiger partial charge in [-0.2, -0.15) is 0 Å². The third-order valence-electron chi connectivity index (χ3n) is 6.01. The maximum atomic E-state index is 6.25. The summed E-state index contributed by atoms with van der Waals surface area (Å²) in [6.07, 6.45) is 5.67. The fraction of sp³-hybridized carbons (Fsp3) is 1.00. The molecule has 19 heavy (non-hydrogen) atoms. The van der Waals surface area contributed by atoms with Crippen LogP contribution in [0.1, 0.15) is 67.2 Å². The van der Waals surface area contributed by atoms with Crippen LogP contribution in [0.2, 0.25) is 0 Å². The highest BCUT2D eigenvalue weighted by Crippen LogP contribution is 2.66. The van der Waals surface area contributed by atoms with E-state index in [1.54, 1.807) is 0 Å². The Bertz CT molecular complexity index is 318. The lowest BCUT2D eigenvalue weighted by atomic mass is 9.70. The predicted molar refractivity (Wildman–Crippen MR) is 81.3 cm³/mol. The van der Waals surface area contributed by atoms with E-state index < -0.39 is 0 Å². The van der Waals surface area contributed by atoms with Crippen LogP contribution in [-0.4, -0.2) is 24.8 Å². The lowest BCUT2D eigenvalue weighted by Gasteiger charge is -2.39. The maximum absolute atomic E-state index is 6.25. The predicted octanol–water partition coefficient (Wildman–Crippen LogP) is 4.00. The SMILES string of the molecule is CC(C)(C)NCCCOC1CC2CCC1(C)C2(C)C. The molecule has 2 aliphatic carbocycles. The Kier molecular flexibility index (Phi) is 4.06. The van der Waals surface area contributed by atoms with Crippen LogP contribution in [0.15, 0.2) is 0 Å². The number of nitrogens with one attached hydrogen (secondary N) is 1. The molecule has 2 nitrogen and oxygen atoms in total. The number of rotatable bonds is 5. The molecule has 3 atom stereocenters. The molecule has 2 rings (SSSR count). The zero-order valence-electron chi connectivity index (χ0n) is 13.8. The van der Waals surface area contributed by atoms with E-state index in [1.807, 2.05) is 0 Å². The summed E-state index contributed by atoms with van der Waals surface area (Å²) in [5, 5.41) is 3.53. The average molecular weight is 267 g/mol. The molecule has 0 aromatic carbocycles. The molecule has 1 N–H and O–H groups in total. The molecule has 0 aromatic heterocycles. The minimum atomic E-state index is 0.223. The van der Waals surface area contributed by atoms with Gasteiger partial charge in [-0.25, -0.2) is 0 Å². The van der Waals surface area contributed by atoms with Gasteiger partial charge in [-0.15, -0.1) is 0 Å². The Morgan fingerprint density at radius 2 is 1.89 bits per heavy atom. The molecule has 2 aliphatic rings. The molecule has 2 fully saturated rings. The summed E-state index contributed by atoms with van der Waals surface area (Å²) in [7, 11) is 0.